The largest absolute Gasteiger partial charge is 0.313 e. The van der Waals surface area contributed by atoms with E-state index in [1.54, 1.807) is 0 Å². The maximum absolute atomic E-state index is 3.46. The summed E-state index contributed by atoms with van der Waals surface area (Å²) in [5.41, 5.74) is 6.86. The maximum atomic E-state index is 3.46. The lowest BCUT2D eigenvalue weighted by Gasteiger charge is -2.11. The second-order valence-corrected chi connectivity index (χ2v) is 5.78. The average Bonchev–Trinajstić information content (AvgIpc) is 2.48. The van der Waals surface area contributed by atoms with Crippen LogP contribution in [0.4, 0.5) is 0 Å². The van der Waals surface area contributed by atoms with Crippen LogP contribution in [0.2, 0.25) is 0 Å². The summed E-state index contributed by atoms with van der Waals surface area (Å²) in [6.07, 6.45) is 3.54. The minimum absolute atomic E-state index is 0.963. The molecule has 0 aliphatic heterocycles. The third kappa shape index (κ3) is 4.44. The van der Waals surface area contributed by atoms with Gasteiger partial charge in [0.1, 0.15) is 0 Å². The molecular formula is C20H27N. The summed E-state index contributed by atoms with van der Waals surface area (Å²) >= 11 is 0. The van der Waals surface area contributed by atoms with Gasteiger partial charge in [-0.15, -0.1) is 0 Å². The molecule has 0 saturated heterocycles. The molecule has 2 aromatic carbocycles. The fourth-order valence-corrected chi connectivity index (χ4v) is 2.75. The van der Waals surface area contributed by atoms with Gasteiger partial charge in [-0.2, -0.15) is 0 Å². The molecule has 1 heteroatoms. The monoisotopic (exact) mass is 281 g/mol. The molecule has 1 nitrogen and oxygen atoms in total. The van der Waals surface area contributed by atoms with E-state index < -0.39 is 0 Å². The lowest BCUT2D eigenvalue weighted by molar-refractivity contribution is 0.675. The summed E-state index contributed by atoms with van der Waals surface area (Å²) in [5, 5.41) is 3.46. The fourth-order valence-electron chi connectivity index (χ4n) is 2.75. The first-order valence-electron chi connectivity index (χ1n) is 8.14. The maximum Gasteiger partial charge on any atom is 0.0205 e. The molecule has 112 valence electrons. The minimum Gasteiger partial charge on any atom is -0.313 e. The van der Waals surface area contributed by atoms with E-state index in [1.165, 1.54) is 40.7 Å². The van der Waals surface area contributed by atoms with Crippen molar-refractivity contribution in [2.75, 3.05) is 6.54 Å². The highest BCUT2D eigenvalue weighted by Crippen LogP contribution is 2.25. The first-order valence-corrected chi connectivity index (χ1v) is 8.14. The van der Waals surface area contributed by atoms with Crippen LogP contribution in [0.5, 0.6) is 0 Å². The molecule has 0 radical (unpaired) electrons. The van der Waals surface area contributed by atoms with Crippen LogP contribution in [0.1, 0.15) is 43.4 Å². The normalized spacial score (nSPS) is 10.8. The number of rotatable bonds is 7. The Morgan fingerprint density at radius 1 is 0.905 bits per heavy atom. The molecule has 0 unspecified atom stereocenters. The molecule has 0 amide bonds. The van der Waals surface area contributed by atoms with Crippen LogP contribution in [0.15, 0.2) is 42.5 Å². The zero-order valence-electron chi connectivity index (χ0n) is 13.6. The number of hydrogen-bond donors (Lipinski definition) is 1. The third-order valence-corrected chi connectivity index (χ3v) is 3.82. The highest BCUT2D eigenvalue weighted by atomic mass is 14.8. The second kappa shape index (κ2) is 7.99. The lowest BCUT2D eigenvalue weighted by atomic mass is 9.96. The summed E-state index contributed by atoms with van der Waals surface area (Å²) in [7, 11) is 0. The summed E-state index contributed by atoms with van der Waals surface area (Å²) in [4.78, 5) is 0. The van der Waals surface area contributed by atoms with E-state index in [-0.39, 0.29) is 0 Å². The van der Waals surface area contributed by atoms with E-state index in [0.29, 0.717) is 0 Å². The zero-order chi connectivity index (χ0) is 15.1. The standard InChI is InChI=1S/C20H27N/c1-4-7-17-8-6-9-19(14-17)20-11-10-18(13-16(20)3)15-21-12-5-2/h6,8-11,13-14,21H,4-5,7,12,15H2,1-3H3. The van der Waals surface area contributed by atoms with Crippen LogP contribution in [0.25, 0.3) is 11.1 Å². The smallest absolute Gasteiger partial charge is 0.0205 e. The number of aryl methyl sites for hydroxylation is 2. The van der Waals surface area contributed by atoms with Crippen molar-refractivity contribution in [1.29, 1.82) is 0 Å². The molecule has 0 bridgehead atoms. The molecule has 0 heterocycles. The van der Waals surface area contributed by atoms with Gasteiger partial charge in [0.15, 0.2) is 0 Å². The van der Waals surface area contributed by atoms with Gasteiger partial charge in [0, 0.05) is 6.54 Å². The predicted molar refractivity (Wildman–Crippen MR) is 92.6 cm³/mol. The molecule has 0 aliphatic rings. The topological polar surface area (TPSA) is 12.0 Å². The van der Waals surface area contributed by atoms with Crippen molar-refractivity contribution in [1.82, 2.24) is 5.32 Å². The SMILES string of the molecule is CCCNCc1ccc(-c2cccc(CCC)c2)c(C)c1. The fraction of sp³-hybridized carbons (Fsp3) is 0.400. The van der Waals surface area contributed by atoms with Gasteiger partial charge in [0.05, 0.1) is 0 Å². The summed E-state index contributed by atoms with van der Waals surface area (Å²) < 4.78 is 0. The van der Waals surface area contributed by atoms with Gasteiger partial charge in [-0.3, -0.25) is 0 Å². The van der Waals surface area contributed by atoms with Gasteiger partial charge >= 0.3 is 0 Å². The van der Waals surface area contributed by atoms with E-state index >= 15 is 0 Å². The Kier molecular flexibility index (Phi) is 6.01. The molecular weight excluding hydrogens is 254 g/mol. The molecule has 0 saturated carbocycles. The van der Waals surface area contributed by atoms with Crippen LogP contribution in [-0.4, -0.2) is 6.54 Å². The highest BCUT2D eigenvalue weighted by molar-refractivity contribution is 5.68. The van der Waals surface area contributed by atoms with Gasteiger partial charge in [-0.05, 0) is 54.1 Å². The van der Waals surface area contributed by atoms with E-state index in [2.05, 4.69) is 68.6 Å². The van der Waals surface area contributed by atoms with E-state index in [4.69, 9.17) is 0 Å². The highest BCUT2D eigenvalue weighted by Gasteiger charge is 2.04. The molecule has 21 heavy (non-hydrogen) atoms. The molecule has 0 aliphatic carbocycles. The molecule has 0 fully saturated rings. The van der Waals surface area contributed by atoms with Gasteiger partial charge in [-0.1, -0.05) is 62.7 Å². The third-order valence-electron chi connectivity index (χ3n) is 3.82. The summed E-state index contributed by atoms with van der Waals surface area (Å²) in [6.45, 7) is 8.69. The molecule has 0 spiro atoms. The molecule has 2 rings (SSSR count). The van der Waals surface area contributed by atoms with Crippen molar-refractivity contribution < 1.29 is 0 Å². The van der Waals surface area contributed by atoms with Crippen molar-refractivity contribution in [3.63, 3.8) is 0 Å². The van der Waals surface area contributed by atoms with E-state index in [1.807, 2.05) is 0 Å². The molecule has 0 aromatic heterocycles. The Morgan fingerprint density at radius 2 is 1.76 bits per heavy atom. The Bertz CT molecular complexity index is 572. The predicted octanol–water partition coefficient (Wildman–Crippen LogP) is 5.11. The molecule has 0 atom stereocenters. The average molecular weight is 281 g/mol. The van der Waals surface area contributed by atoms with Crippen molar-refractivity contribution in [3.8, 4) is 11.1 Å². The number of benzene rings is 2. The zero-order valence-corrected chi connectivity index (χ0v) is 13.6. The van der Waals surface area contributed by atoms with Crippen molar-refractivity contribution in [3.05, 3.63) is 59.2 Å². The minimum atomic E-state index is 0.963. The summed E-state index contributed by atoms with van der Waals surface area (Å²) in [5.74, 6) is 0. The first-order chi connectivity index (χ1) is 10.2. The second-order valence-electron chi connectivity index (χ2n) is 5.78. The van der Waals surface area contributed by atoms with Crippen molar-refractivity contribution >= 4 is 0 Å². The summed E-state index contributed by atoms with van der Waals surface area (Å²) in [6, 6.07) is 15.8. The van der Waals surface area contributed by atoms with Gasteiger partial charge in [0.2, 0.25) is 0 Å². The van der Waals surface area contributed by atoms with Crippen LogP contribution in [0, 0.1) is 6.92 Å². The lowest BCUT2D eigenvalue weighted by Crippen LogP contribution is -2.13. The van der Waals surface area contributed by atoms with Crippen LogP contribution >= 0.6 is 0 Å². The van der Waals surface area contributed by atoms with Crippen molar-refractivity contribution in [2.24, 2.45) is 0 Å². The molecule has 1 N–H and O–H groups in total. The van der Waals surface area contributed by atoms with Crippen LogP contribution < -0.4 is 5.32 Å². The first kappa shape index (κ1) is 15.8. The Labute approximate surface area is 129 Å². The Hall–Kier alpha value is -1.60. The Morgan fingerprint density at radius 3 is 2.48 bits per heavy atom. The Balaban J connectivity index is 2.18. The van der Waals surface area contributed by atoms with Crippen LogP contribution in [0.3, 0.4) is 0 Å². The van der Waals surface area contributed by atoms with Gasteiger partial charge < -0.3 is 5.32 Å². The van der Waals surface area contributed by atoms with E-state index in [0.717, 1.165) is 19.5 Å². The quantitative estimate of drug-likeness (QED) is 0.695. The van der Waals surface area contributed by atoms with E-state index in [9.17, 15) is 0 Å². The number of hydrogen-bond acceptors (Lipinski definition) is 1. The van der Waals surface area contributed by atoms with Crippen molar-refractivity contribution in [2.45, 2.75) is 46.6 Å². The number of nitrogens with one attached hydrogen (secondary N) is 1. The van der Waals surface area contributed by atoms with Gasteiger partial charge in [0.25, 0.3) is 0 Å². The van der Waals surface area contributed by atoms with Crippen LogP contribution in [-0.2, 0) is 13.0 Å². The van der Waals surface area contributed by atoms with Gasteiger partial charge in [-0.25, -0.2) is 0 Å². The molecule has 2 aromatic rings.